The van der Waals surface area contributed by atoms with Crippen LogP contribution in [0.3, 0.4) is 0 Å². The van der Waals surface area contributed by atoms with E-state index in [-0.39, 0.29) is 12.0 Å². The van der Waals surface area contributed by atoms with Crippen molar-refractivity contribution in [1.82, 2.24) is 4.98 Å². The van der Waals surface area contributed by atoms with Gasteiger partial charge in [0.2, 0.25) is 0 Å². The number of hydrogen-bond acceptors (Lipinski definition) is 2. The molecule has 1 aromatic heterocycles. The van der Waals surface area contributed by atoms with Crippen molar-refractivity contribution in [2.24, 2.45) is 0 Å². The zero-order chi connectivity index (χ0) is 9.90. The van der Waals surface area contributed by atoms with Gasteiger partial charge in [0, 0.05) is 18.8 Å². The van der Waals surface area contributed by atoms with Gasteiger partial charge in [0.05, 0.1) is 5.56 Å². The Labute approximate surface area is 72.4 Å². The quantitative estimate of drug-likeness (QED) is 0.664. The van der Waals surface area contributed by atoms with Gasteiger partial charge in [-0.1, -0.05) is 0 Å². The molecule has 0 aliphatic heterocycles. The van der Waals surface area contributed by atoms with Gasteiger partial charge in [-0.25, -0.2) is 0 Å². The van der Waals surface area contributed by atoms with Crippen LogP contribution in [0, 0.1) is 0 Å². The molecule has 0 fully saturated rings. The summed E-state index contributed by atoms with van der Waals surface area (Å²) in [6.07, 6.45) is -2.29. The average Bonchev–Trinajstić information content (AvgIpc) is 2.04. The maximum atomic E-state index is 12.2. The number of pyridine rings is 1. The van der Waals surface area contributed by atoms with E-state index in [1.54, 1.807) is 0 Å². The van der Waals surface area contributed by atoms with E-state index < -0.39 is 11.7 Å². The van der Waals surface area contributed by atoms with Crippen LogP contribution in [0.25, 0.3) is 0 Å². The lowest BCUT2D eigenvalue weighted by Gasteiger charge is -2.09. The van der Waals surface area contributed by atoms with Gasteiger partial charge >= 0.3 is 6.18 Å². The Morgan fingerprint density at radius 2 is 2.15 bits per heavy atom. The summed E-state index contributed by atoms with van der Waals surface area (Å²) in [5.41, 5.74) is -0.889. The van der Waals surface area contributed by atoms with Gasteiger partial charge in [-0.05, 0) is 11.6 Å². The molecule has 1 rings (SSSR count). The molecule has 0 aromatic carbocycles. The third-order valence-electron chi connectivity index (χ3n) is 1.52. The van der Waals surface area contributed by atoms with Crippen molar-refractivity contribution in [2.45, 2.75) is 12.6 Å². The Kier molecular flexibility index (Phi) is 2.65. The topological polar surface area (TPSA) is 30.0 Å². The van der Waals surface area contributed by atoms with Crippen LogP contribution in [0.15, 0.2) is 18.5 Å². The Balaban J connectivity index is 3.11. The SMILES string of the molecule is O=CCc1ccncc1C(F)(F)F. The fraction of sp³-hybridized carbons (Fsp3) is 0.250. The number of alkyl halides is 3. The Bertz CT molecular complexity index is 309. The first-order valence-electron chi connectivity index (χ1n) is 3.49. The lowest BCUT2D eigenvalue weighted by atomic mass is 10.1. The van der Waals surface area contributed by atoms with E-state index in [1.165, 1.54) is 12.3 Å². The van der Waals surface area contributed by atoms with Gasteiger partial charge in [0.1, 0.15) is 6.29 Å². The molecule has 0 saturated carbocycles. The minimum atomic E-state index is -4.44. The normalized spacial score (nSPS) is 11.3. The standard InChI is InChI=1S/C8H6F3NO/c9-8(10,11)7-5-12-3-1-6(7)2-4-13/h1,3-5H,2H2. The summed E-state index contributed by atoms with van der Waals surface area (Å²) < 4.78 is 36.6. The van der Waals surface area contributed by atoms with Crippen molar-refractivity contribution < 1.29 is 18.0 Å². The largest absolute Gasteiger partial charge is 0.418 e. The van der Waals surface area contributed by atoms with Crippen molar-refractivity contribution in [3.63, 3.8) is 0 Å². The third kappa shape index (κ3) is 2.27. The van der Waals surface area contributed by atoms with Gasteiger partial charge in [-0.3, -0.25) is 4.98 Å². The molecule has 1 heterocycles. The van der Waals surface area contributed by atoms with Gasteiger partial charge in [0.25, 0.3) is 0 Å². The number of nitrogens with zero attached hydrogens (tertiary/aromatic N) is 1. The molecule has 0 radical (unpaired) electrons. The average molecular weight is 189 g/mol. The van der Waals surface area contributed by atoms with Crippen molar-refractivity contribution in [3.05, 3.63) is 29.6 Å². The molecule has 0 aliphatic rings. The molecule has 0 atom stereocenters. The monoisotopic (exact) mass is 189 g/mol. The predicted octanol–water partition coefficient (Wildman–Crippen LogP) is 1.84. The smallest absolute Gasteiger partial charge is 0.303 e. The highest BCUT2D eigenvalue weighted by molar-refractivity contribution is 5.56. The van der Waals surface area contributed by atoms with Crippen molar-refractivity contribution >= 4 is 6.29 Å². The van der Waals surface area contributed by atoms with Crippen LogP contribution >= 0.6 is 0 Å². The molecule has 0 unspecified atom stereocenters. The molecular weight excluding hydrogens is 183 g/mol. The van der Waals surface area contributed by atoms with E-state index in [2.05, 4.69) is 4.98 Å². The second-order valence-corrected chi connectivity index (χ2v) is 2.40. The zero-order valence-electron chi connectivity index (χ0n) is 6.51. The van der Waals surface area contributed by atoms with Gasteiger partial charge in [0.15, 0.2) is 0 Å². The van der Waals surface area contributed by atoms with Crippen molar-refractivity contribution in [1.29, 1.82) is 0 Å². The van der Waals surface area contributed by atoms with E-state index in [0.29, 0.717) is 6.29 Å². The van der Waals surface area contributed by atoms with E-state index in [0.717, 1.165) is 6.20 Å². The molecule has 2 nitrogen and oxygen atoms in total. The molecule has 70 valence electrons. The molecule has 1 aromatic rings. The van der Waals surface area contributed by atoms with Crippen molar-refractivity contribution in [3.8, 4) is 0 Å². The highest BCUT2D eigenvalue weighted by Crippen LogP contribution is 2.31. The van der Waals surface area contributed by atoms with E-state index in [4.69, 9.17) is 0 Å². The summed E-state index contributed by atoms with van der Waals surface area (Å²) >= 11 is 0. The molecule has 0 bridgehead atoms. The second kappa shape index (κ2) is 3.55. The van der Waals surface area contributed by atoms with Gasteiger partial charge in [-0.2, -0.15) is 13.2 Å². The van der Waals surface area contributed by atoms with Crippen LogP contribution in [0.1, 0.15) is 11.1 Å². The van der Waals surface area contributed by atoms with E-state index in [1.807, 2.05) is 0 Å². The van der Waals surface area contributed by atoms with Gasteiger partial charge < -0.3 is 4.79 Å². The first kappa shape index (κ1) is 9.70. The molecule has 0 N–H and O–H groups in total. The first-order chi connectivity index (χ1) is 6.05. The molecule has 5 heteroatoms. The van der Waals surface area contributed by atoms with Crippen LogP contribution in [-0.2, 0) is 17.4 Å². The molecule has 0 amide bonds. The van der Waals surface area contributed by atoms with E-state index in [9.17, 15) is 18.0 Å². The number of halogens is 3. The van der Waals surface area contributed by atoms with Crippen LogP contribution in [0.4, 0.5) is 13.2 Å². The summed E-state index contributed by atoms with van der Waals surface area (Å²) in [6.45, 7) is 0. The third-order valence-corrected chi connectivity index (χ3v) is 1.52. The maximum absolute atomic E-state index is 12.2. The number of aromatic nitrogens is 1. The number of carbonyl (C=O) groups excluding carboxylic acids is 1. The highest BCUT2D eigenvalue weighted by Gasteiger charge is 2.33. The number of rotatable bonds is 2. The Hall–Kier alpha value is -1.39. The summed E-state index contributed by atoms with van der Waals surface area (Å²) in [4.78, 5) is 13.4. The molecule has 0 spiro atoms. The number of hydrogen-bond donors (Lipinski definition) is 0. The molecule has 0 saturated heterocycles. The van der Waals surface area contributed by atoms with Gasteiger partial charge in [-0.15, -0.1) is 0 Å². The predicted molar refractivity (Wildman–Crippen MR) is 39.0 cm³/mol. The lowest BCUT2D eigenvalue weighted by molar-refractivity contribution is -0.138. The van der Waals surface area contributed by atoms with Crippen LogP contribution in [0.2, 0.25) is 0 Å². The minimum Gasteiger partial charge on any atom is -0.303 e. The zero-order valence-corrected chi connectivity index (χ0v) is 6.51. The fourth-order valence-corrected chi connectivity index (χ4v) is 0.946. The summed E-state index contributed by atoms with van der Waals surface area (Å²) in [6, 6.07) is 1.19. The first-order valence-corrected chi connectivity index (χ1v) is 3.49. The number of carbonyl (C=O) groups is 1. The van der Waals surface area contributed by atoms with Crippen LogP contribution < -0.4 is 0 Å². The Morgan fingerprint density at radius 1 is 1.46 bits per heavy atom. The van der Waals surface area contributed by atoms with Crippen molar-refractivity contribution in [2.75, 3.05) is 0 Å². The maximum Gasteiger partial charge on any atom is 0.418 e. The Morgan fingerprint density at radius 3 is 2.69 bits per heavy atom. The highest BCUT2D eigenvalue weighted by atomic mass is 19.4. The van der Waals surface area contributed by atoms with Crippen LogP contribution in [0.5, 0.6) is 0 Å². The second-order valence-electron chi connectivity index (χ2n) is 2.40. The van der Waals surface area contributed by atoms with Crippen LogP contribution in [-0.4, -0.2) is 11.3 Å². The molecule has 13 heavy (non-hydrogen) atoms. The molecule has 0 aliphatic carbocycles. The summed E-state index contributed by atoms with van der Waals surface area (Å²) in [7, 11) is 0. The summed E-state index contributed by atoms with van der Waals surface area (Å²) in [5.74, 6) is 0. The lowest BCUT2D eigenvalue weighted by Crippen LogP contribution is -2.09. The summed E-state index contributed by atoms with van der Waals surface area (Å²) in [5, 5.41) is 0. The molecular formula is C8H6F3NO. The minimum absolute atomic E-state index is 0.0440. The number of aldehydes is 1. The van der Waals surface area contributed by atoms with E-state index >= 15 is 0 Å². The fourth-order valence-electron chi connectivity index (χ4n) is 0.946.